The molecule has 4 heteroatoms. The number of nitrogens with one attached hydrogen (secondary N) is 3. The molecular weight excluding hydrogens is 310 g/mol. The fourth-order valence-electron chi connectivity index (χ4n) is 3.39. The van der Waals surface area contributed by atoms with Crippen molar-refractivity contribution in [1.82, 2.24) is 15.6 Å². The van der Waals surface area contributed by atoms with Gasteiger partial charge in [0.15, 0.2) is 0 Å². The van der Waals surface area contributed by atoms with Gasteiger partial charge in [0.2, 0.25) is 0 Å². The molecule has 3 aromatic rings. The van der Waals surface area contributed by atoms with Gasteiger partial charge in [-0.05, 0) is 43.4 Å². The minimum atomic E-state index is -0.168. The van der Waals surface area contributed by atoms with E-state index in [9.17, 15) is 4.79 Å². The minimum absolute atomic E-state index is 0.0853. The number of hydrogen-bond acceptors (Lipinski definition) is 1. The van der Waals surface area contributed by atoms with Gasteiger partial charge in [0.25, 0.3) is 0 Å². The molecule has 0 aliphatic heterocycles. The normalized spacial score (nSPS) is 15.1. The Morgan fingerprint density at radius 3 is 2.64 bits per heavy atom. The highest BCUT2D eigenvalue weighted by atomic mass is 16.2. The molecule has 3 N–H and O–H groups in total. The zero-order valence-corrected chi connectivity index (χ0v) is 14.4. The summed E-state index contributed by atoms with van der Waals surface area (Å²) in [5.41, 5.74) is 4.64. The predicted octanol–water partition coefficient (Wildman–Crippen LogP) is 4.01. The van der Waals surface area contributed by atoms with E-state index in [1.54, 1.807) is 0 Å². The Bertz CT molecular complexity index is 891. The molecule has 1 saturated carbocycles. The molecule has 1 fully saturated rings. The van der Waals surface area contributed by atoms with E-state index in [0.717, 1.165) is 24.8 Å². The van der Waals surface area contributed by atoms with E-state index >= 15 is 0 Å². The summed E-state index contributed by atoms with van der Waals surface area (Å²) >= 11 is 0. The standard InChI is InChI=1S/C21H23N3O/c1-15-6-8-17(9-7-15)21(11-12-21)24-20(25)22-13-10-16-14-23-19-5-3-2-4-18(16)19/h2-9,14,23H,10-13H2,1H3,(H2,22,24,25). The molecule has 1 aliphatic rings. The SMILES string of the molecule is Cc1ccc(C2(NC(=O)NCCc3c[nH]c4ccccc34)CC2)cc1. The molecule has 2 amide bonds. The van der Waals surface area contributed by atoms with Crippen molar-refractivity contribution in [1.29, 1.82) is 0 Å². The number of hydrogen-bond donors (Lipinski definition) is 3. The maximum Gasteiger partial charge on any atom is 0.315 e. The molecule has 1 aromatic heterocycles. The van der Waals surface area contributed by atoms with Gasteiger partial charge in [-0.2, -0.15) is 0 Å². The number of benzene rings is 2. The lowest BCUT2D eigenvalue weighted by atomic mass is 10.0. The van der Waals surface area contributed by atoms with Crippen LogP contribution in [-0.2, 0) is 12.0 Å². The van der Waals surface area contributed by atoms with Crippen molar-refractivity contribution in [2.45, 2.75) is 31.7 Å². The minimum Gasteiger partial charge on any atom is -0.361 e. The van der Waals surface area contributed by atoms with Crippen molar-refractivity contribution in [2.24, 2.45) is 0 Å². The van der Waals surface area contributed by atoms with Crippen molar-refractivity contribution < 1.29 is 4.79 Å². The highest BCUT2D eigenvalue weighted by molar-refractivity contribution is 5.83. The molecule has 4 rings (SSSR count). The monoisotopic (exact) mass is 333 g/mol. The van der Waals surface area contributed by atoms with Gasteiger partial charge >= 0.3 is 6.03 Å². The van der Waals surface area contributed by atoms with Crippen LogP contribution < -0.4 is 10.6 Å². The van der Waals surface area contributed by atoms with Crippen LogP contribution in [0, 0.1) is 6.92 Å². The molecule has 1 heterocycles. The van der Waals surface area contributed by atoms with Gasteiger partial charge in [-0.15, -0.1) is 0 Å². The van der Waals surface area contributed by atoms with Gasteiger partial charge in [0.1, 0.15) is 0 Å². The van der Waals surface area contributed by atoms with Gasteiger partial charge < -0.3 is 15.6 Å². The Hall–Kier alpha value is -2.75. The highest BCUT2D eigenvalue weighted by Gasteiger charge is 2.45. The van der Waals surface area contributed by atoms with Crippen molar-refractivity contribution in [2.75, 3.05) is 6.54 Å². The summed E-state index contributed by atoms with van der Waals surface area (Å²) in [6.45, 7) is 2.70. The van der Waals surface area contributed by atoms with Crippen LogP contribution in [0.25, 0.3) is 10.9 Å². The van der Waals surface area contributed by atoms with E-state index in [4.69, 9.17) is 0 Å². The summed E-state index contributed by atoms with van der Waals surface area (Å²) in [6, 6.07) is 16.6. The summed E-state index contributed by atoms with van der Waals surface area (Å²) in [7, 11) is 0. The first-order valence-corrected chi connectivity index (χ1v) is 8.84. The molecule has 0 bridgehead atoms. The smallest absolute Gasteiger partial charge is 0.315 e. The van der Waals surface area contributed by atoms with Gasteiger partial charge in [0, 0.05) is 23.6 Å². The van der Waals surface area contributed by atoms with E-state index < -0.39 is 0 Å². The summed E-state index contributed by atoms with van der Waals surface area (Å²) in [6.07, 6.45) is 4.85. The van der Waals surface area contributed by atoms with Gasteiger partial charge in [-0.3, -0.25) is 0 Å². The van der Waals surface area contributed by atoms with Crippen LogP contribution in [0.15, 0.2) is 54.7 Å². The number of urea groups is 1. The van der Waals surface area contributed by atoms with Crippen LogP contribution in [0.3, 0.4) is 0 Å². The molecule has 128 valence electrons. The molecule has 25 heavy (non-hydrogen) atoms. The molecule has 0 atom stereocenters. The molecule has 0 saturated heterocycles. The third-order valence-corrected chi connectivity index (χ3v) is 5.06. The summed E-state index contributed by atoms with van der Waals surface area (Å²) in [5, 5.41) is 7.39. The molecule has 0 unspecified atom stereocenters. The Kier molecular flexibility index (Phi) is 3.96. The van der Waals surface area contributed by atoms with Gasteiger partial charge in [-0.25, -0.2) is 4.79 Å². The lowest BCUT2D eigenvalue weighted by molar-refractivity contribution is 0.236. The number of aromatic nitrogens is 1. The van der Waals surface area contributed by atoms with Crippen LogP contribution in [0.2, 0.25) is 0 Å². The maximum absolute atomic E-state index is 12.3. The maximum atomic E-state index is 12.3. The Morgan fingerprint density at radius 2 is 1.88 bits per heavy atom. The van der Waals surface area contributed by atoms with E-state index in [1.165, 1.54) is 22.1 Å². The topological polar surface area (TPSA) is 56.9 Å². The van der Waals surface area contributed by atoms with Crippen LogP contribution >= 0.6 is 0 Å². The summed E-state index contributed by atoms with van der Waals surface area (Å²) in [4.78, 5) is 15.6. The number of carbonyl (C=O) groups excluding carboxylic acids is 1. The second-order valence-electron chi connectivity index (χ2n) is 6.94. The van der Waals surface area contributed by atoms with Crippen molar-refractivity contribution in [3.8, 4) is 0 Å². The second kappa shape index (κ2) is 6.28. The summed E-state index contributed by atoms with van der Waals surface area (Å²) < 4.78 is 0. The largest absolute Gasteiger partial charge is 0.361 e. The van der Waals surface area contributed by atoms with E-state index in [1.807, 2.05) is 18.3 Å². The van der Waals surface area contributed by atoms with Gasteiger partial charge in [0.05, 0.1) is 5.54 Å². The van der Waals surface area contributed by atoms with Crippen LogP contribution in [0.5, 0.6) is 0 Å². The Labute approximate surface area is 147 Å². The average Bonchev–Trinajstić information content (AvgIpc) is 3.28. The zero-order valence-electron chi connectivity index (χ0n) is 14.4. The van der Waals surface area contributed by atoms with Crippen LogP contribution in [-0.4, -0.2) is 17.6 Å². The van der Waals surface area contributed by atoms with Gasteiger partial charge in [-0.1, -0.05) is 48.0 Å². The Morgan fingerprint density at radius 1 is 1.12 bits per heavy atom. The number of amides is 2. The number of H-pyrrole nitrogens is 1. The van der Waals surface area contributed by atoms with Crippen LogP contribution in [0.1, 0.15) is 29.5 Å². The number of aromatic amines is 1. The number of para-hydroxylation sites is 1. The molecule has 2 aromatic carbocycles. The molecule has 4 nitrogen and oxygen atoms in total. The predicted molar refractivity (Wildman–Crippen MR) is 101 cm³/mol. The third kappa shape index (κ3) is 3.25. The molecular formula is C21H23N3O. The van der Waals surface area contributed by atoms with E-state index in [2.05, 4.69) is 58.9 Å². The highest BCUT2D eigenvalue weighted by Crippen LogP contribution is 2.45. The van der Waals surface area contributed by atoms with Crippen LogP contribution in [0.4, 0.5) is 4.79 Å². The van der Waals surface area contributed by atoms with E-state index in [-0.39, 0.29) is 11.6 Å². The summed E-state index contributed by atoms with van der Waals surface area (Å²) in [5.74, 6) is 0. The number of fused-ring (bicyclic) bond motifs is 1. The first-order chi connectivity index (χ1) is 12.2. The Balaban J connectivity index is 1.33. The average molecular weight is 333 g/mol. The van der Waals surface area contributed by atoms with E-state index in [0.29, 0.717) is 6.54 Å². The van der Waals surface area contributed by atoms with Crippen molar-refractivity contribution in [3.63, 3.8) is 0 Å². The first-order valence-electron chi connectivity index (χ1n) is 8.84. The molecule has 1 aliphatic carbocycles. The number of rotatable bonds is 5. The number of carbonyl (C=O) groups is 1. The molecule has 0 radical (unpaired) electrons. The lowest BCUT2D eigenvalue weighted by Gasteiger charge is -2.18. The zero-order chi connectivity index (χ0) is 17.3. The lowest BCUT2D eigenvalue weighted by Crippen LogP contribution is -2.42. The molecule has 0 spiro atoms. The third-order valence-electron chi connectivity index (χ3n) is 5.06. The first kappa shape index (κ1) is 15.8. The fourth-order valence-corrected chi connectivity index (χ4v) is 3.39. The van der Waals surface area contributed by atoms with Crippen molar-refractivity contribution in [3.05, 3.63) is 71.4 Å². The van der Waals surface area contributed by atoms with Crippen molar-refractivity contribution >= 4 is 16.9 Å². The number of aryl methyl sites for hydroxylation is 1. The quantitative estimate of drug-likeness (QED) is 0.649. The fraction of sp³-hybridized carbons (Fsp3) is 0.286. The second-order valence-corrected chi connectivity index (χ2v) is 6.94.